The molecule has 27 heavy (non-hydrogen) atoms. The third kappa shape index (κ3) is 5.33. The Morgan fingerprint density at radius 3 is 2.70 bits per heavy atom. The number of thiophene rings is 1. The van der Waals surface area contributed by atoms with Crippen molar-refractivity contribution >= 4 is 50.7 Å². The van der Waals surface area contributed by atoms with Crippen LogP contribution in [0.5, 0.6) is 0 Å². The molecular formula is C19H22ClN3O2S2. The minimum atomic E-state index is 0.0344. The van der Waals surface area contributed by atoms with E-state index in [0.29, 0.717) is 25.5 Å². The van der Waals surface area contributed by atoms with E-state index in [1.54, 1.807) is 23.1 Å². The van der Waals surface area contributed by atoms with Gasteiger partial charge in [0.2, 0.25) is 0 Å². The second-order valence-electron chi connectivity index (χ2n) is 5.96. The number of anilines is 1. The van der Waals surface area contributed by atoms with Crippen molar-refractivity contribution in [1.29, 1.82) is 0 Å². The number of ether oxygens (including phenoxy) is 1. The first-order valence-corrected chi connectivity index (χ1v) is 10.8. The van der Waals surface area contributed by atoms with Crippen LogP contribution >= 0.6 is 34.7 Å². The van der Waals surface area contributed by atoms with Crippen LogP contribution in [0, 0.1) is 13.8 Å². The summed E-state index contributed by atoms with van der Waals surface area (Å²) in [6.07, 6.45) is 0. The first-order valence-electron chi connectivity index (χ1n) is 8.66. The molecule has 3 aromatic rings. The highest BCUT2D eigenvalue weighted by molar-refractivity contribution is 7.98. The molecule has 0 radical (unpaired) electrons. The number of hydrogen-bond acceptors (Lipinski definition) is 7. The second kappa shape index (κ2) is 9.71. The third-order valence-corrected chi connectivity index (χ3v) is 6.39. The van der Waals surface area contributed by atoms with Gasteiger partial charge in [-0.05, 0) is 43.7 Å². The van der Waals surface area contributed by atoms with E-state index in [2.05, 4.69) is 19.2 Å². The summed E-state index contributed by atoms with van der Waals surface area (Å²) in [7, 11) is 0. The topological polar surface area (TPSA) is 67.3 Å². The van der Waals surface area contributed by atoms with Gasteiger partial charge in [-0.1, -0.05) is 11.6 Å². The van der Waals surface area contributed by atoms with Crippen molar-refractivity contribution in [3.8, 4) is 0 Å². The highest BCUT2D eigenvalue weighted by atomic mass is 35.5. The third-order valence-electron chi connectivity index (χ3n) is 4.03. The zero-order valence-corrected chi connectivity index (χ0v) is 17.7. The van der Waals surface area contributed by atoms with Crippen LogP contribution in [0.4, 0.5) is 5.82 Å². The number of aliphatic hydroxyl groups excluding tert-OH is 1. The van der Waals surface area contributed by atoms with Crippen LogP contribution in [0.1, 0.15) is 16.3 Å². The Morgan fingerprint density at radius 2 is 1.96 bits per heavy atom. The molecule has 0 fully saturated rings. The molecule has 0 spiro atoms. The van der Waals surface area contributed by atoms with Gasteiger partial charge in [-0.2, -0.15) is 0 Å². The van der Waals surface area contributed by atoms with Gasteiger partial charge in [0.25, 0.3) is 0 Å². The van der Waals surface area contributed by atoms with E-state index in [-0.39, 0.29) is 6.61 Å². The van der Waals surface area contributed by atoms with Crippen molar-refractivity contribution in [1.82, 2.24) is 9.97 Å². The van der Waals surface area contributed by atoms with E-state index in [1.807, 2.05) is 24.3 Å². The average Bonchev–Trinajstić information content (AvgIpc) is 2.95. The van der Waals surface area contributed by atoms with Crippen LogP contribution < -0.4 is 5.32 Å². The normalized spacial score (nSPS) is 11.3. The average molecular weight is 424 g/mol. The summed E-state index contributed by atoms with van der Waals surface area (Å²) in [5, 5.41) is 14.0. The van der Waals surface area contributed by atoms with E-state index in [9.17, 15) is 0 Å². The quantitative estimate of drug-likeness (QED) is 0.385. The SMILES string of the molecule is Cc1sc2nc(CSc3ccc(Cl)cc3)nc(NCCOCCO)c2c1C. The molecule has 5 nitrogen and oxygen atoms in total. The van der Waals surface area contributed by atoms with Crippen molar-refractivity contribution in [2.75, 3.05) is 31.7 Å². The molecule has 2 aromatic heterocycles. The predicted octanol–water partition coefficient (Wildman–Crippen LogP) is 4.67. The molecule has 2 N–H and O–H groups in total. The van der Waals surface area contributed by atoms with E-state index in [0.717, 1.165) is 31.8 Å². The van der Waals surface area contributed by atoms with Crippen LogP contribution in [0.2, 0.25) is 5.02 Å². The lowest BCUT2D eigenvalue weighted by molar-refractivity contribution is 0.0992. The van der Waals surface area contributed by atoms with Gasteiger partial charge in [-0.25, -0.2) is 9.97 Å². The number of aliphatic hydroxyl groups is 1. The predicted molar refractivity (Wildman–Crippen MR) is 114 cm³/mol. The van der Waals surface area contributed by atoms with E-state index in [4.69, 9.17) is 31.4 Å². The minimum Gasteiger partial charge on any atom is -0.394 e. The van der Waals surface area contributed by atoms with Crippen LogP contribution in [0.15, 0.2) is 29.2 Å². The van der Waals surface area contributed by atoms with Gasteiger partial charge in [0.15, 0.2) is 0 Å². The number of fused-ring (bicyclic) bond motifs is 1. The largest absolute Gasteiger partial charge is 0.394 e. The molecule has 0 bridgehead atoms. The Morgan fingerprint density at radius 1 is 1.19 bits per heavy atom. The Bertz CT molecular complexity index is 900. The molecular weight excluding hydrogens is 402 g/mol. The Kier molecular flexibility index (Phi) is 7.32. The number of rotatable bonds is 9. The molecule has 8 heteroatoms. The van der Waals surface area contributed by atoms with Crippen molar-refractivity contribution < 1.29 is 9.84 Å². The van der Waals surface area contributed by atoms with Gasteiger partial charge in [0, 0.05) is 21.3 Å². The fraction of sp³-hybridized carbons (Fsp3) is 0.368. The Hall–Kier alpha value is -1.38. The Labute approximate surface area is 172 Å². The summed E-state index contributed by atoms with van der Waals surface area (Å²) in [6, 6.07) is 7.78. The first-order chi connectivity index (χ1) is 13.1. The van der Waals surface area contributed by atoms with E-state index in [1.165, 1.54) is 10.4 Å². The highest BCUT2D eigenvalue weighted by Crippen LogP contribution is 2.34. The number of benzene rings is 1. The molecule has 1 aromatic carbocycles. The monoisotopic (exact) mass is 423 g/mol. The highest BCUT2D eigenvalue weighted by Gasteiger charge is 2.14. The van der Waals surface area contributed by atoms with Crippen LogP contribution in [-0.4, -0.2) is 41.4 Å². The molecule has 0 aliphatic rings. The lowest BCUT2D eigenvalue weighted by atomic mass is 10.2. The van der Waals surface area contributed by atoms with Gasteiger partial charge in [-0.15, -0.1) is 23.1 Å². The van der Waals surface area contributed by atoms with Crippen LogP contribution in [0.25, 0.3) is 10.2 Å². The molecule has 144 valence electrons. The molecule has 0 saturated carbocycles. The van der Waals surface area contributed by atoms with Gasteiger partial charge in [-0.3, -0.25) is 0 Å². The molecule has 0 aliphatic carbocycles. The second-order valence-corrected chi connectivity index (χ2v) is 8.65. The van der Waals surface area contributed by atoms with Crippen LogP contribution in [0.3, 0.4) is 0 Å². The fourth-order valence-corrected chi connectivity index (χ4v) is 4.50. The number of aryl methyl sites for hydroxylation is 2. The van der Waals surface area contributed by atoms with Gasteiger partial charge in [0.05, 0.1) is 31.0 Å². The summed E-state index contributed by atoms with van der Waals surface area (Å²) in [5.41, 5.74) is 1.21. The van der Waals surface area contributed by atoms with Gasteiger partial charge < -0.3 is 15.2 Å². The molecule has 0 aliphatic heterocycles. The molecule has 0 atom stereocenters. The van der Waals surface area contributed by atoms with Gasteiger partial charge >= 0.3 is 0 Å². The molecule has 3 rings (SSSR count). The van der Waals surface area contributed by atoms with E-state index < -0.39 is 0 Å². The maximum atomic E-state index is 8.79. The van der Waals surface area contributed by atoms with Crippen molar-refractivity contribution in [3.63, 3.8) is 0 Å². The van der Waals surface area contributed by atoms with Crippen LogP contribution in [-0.2, 0) is 10.5 Å². The number of halogens is 1. The number of nitrogens with one attached hydrogen (secondary N) is 1. The first kappa shape index (κ1) is 20.4. The zero-order chi connectivity index (χ0) is 19.2. The Balaban J connectivity index is 1.77. The molecule has 2 heterocycles. The number of thioether (sulfide) groups is 1. The standard InChI is InChI=1S/C19H22ClN3O2S2/c1-12-13(2)27-19-17(12)18(21-7-9-25-10-8-24)22-16(23-19)11-26-15-5-3-14(20)4-6-15/h3-6,24H,7-11H2,1-2H3,(H,21,22,23). The van der Waals surface area contributed by atoms with Crippen molar-refractivity contribution in [2.45, 2.75) is 24.5 Å². The number of hydrogen-bond donors (Lipinski definition) is 2. The molecule has 0 saturated heterocycles. The molecule has 0 unspecified atom stereocenters. The lowest BCUT2D eigenvalue weighted by Gasteiger charge is -2.10. The summed E-state index contributed by atoms with van der Waals surface area (Å²) >= 11 is 9.33. The number of nitrogens with zero attached hydrogens (tertiary/aromatic N) is 2. The number of aromatic nitrogens is 2. The van der Waals surface area contributed by atoms with E-state index >= 15 is 0 Å². The maximum Gasteiger partial charge on any atom is 0.142 e. The maximum absolute atomic E-state index is 8.79. The summed E-state index contributed by atoms with van der Waals surface area (Å²) in [5.74, 6) is 2.33. The van der Waals surface area contributed by atoms with Gasteiger partial charge in [0.1, 0.15) is 16.5 Å². The lowest BCUT2D eigenvalue weighted by Crippen LogP contribution is -2.13. The summed E-state index contributed by atoms with van der Waals surface area (Å²) in [6.45, 7) is 5.74. The van der Waals surface area contributed by atoms with Crippen molar-refractivity contribution in [2.24, 2.45) is 0 Å². The summed E-state index contributed by atoms with van der Waals surface area (Å²) in [4.78, 5) is 12.9. The zero-order valence-electron chi connectivity index (χ0n) is 15.3. The molecule has 0 amide bonds. The smallest absolute Gasteiger partial charge is 0.142 e. The minimum absolute atomic E-state index is 0.0344. The summed E-state index contributed by atoms with van der Waals surface area (Å²) < 4.78 is 5.33. The fourth-order valence-electron chi connectivity index (χ4n) is 2.57. The van der Waals surface area contributed by atoms with Crippen molar-refractivity contribution in [3.05, 3.63) is 45.6 Å².